The maximum Gasteiger partial charge on any atom is 0.322 e. The lowest BCUT2D eigenvalue weighted by molar-refractivity contribution is -0.388. The van der Waals surface area contributed by atoms with Gasteiger partial charge in [-0.2, -0.15) is 9.49 Å². The minimum atomic E-state index is -1.98. The second-order valence-corrected chi connectivity index (χ2v) is 7.13. The number of nitro groups is 1. The normalized spacial score (nSPS) is 12.1. The first-order chi connectivity index (χ1) is 15.1. The highest BCUT2D eigenvalue weighted by Crippen LogP contribution is 2.32. The number of halogens is 3. The lowest BCUT2D eigenvalue weighted by Crippen LogP contribution is -2.31. The van der Waals surface area contributed by atoms with Gasteiger partial charge in [0.2, 0.25) is 5.82 Å². The number of hydrazone groups is 1. The Hall–Kier alpha value is -2.98. The van der Waals surface area contributed by atoms with Gasteiger partial charge in [-0.1, -0.05) is 27.2 Å². The molecule has 1 unspecified atom stereocenters. The number of ketones is 1. The molecule has 1 aromatic carbocycles. The number of hydrogen-bond donors (Lipinski definition) is 0. The largest absolute Gasteiger partial charge is 0.465 e. The van der Waals surface area contributed by atoms with Crippen LogP contribution in [0.25, 0.3) is 0 Å². The Morgan fingerprint density at radius 2 is 1.69 bits per heavy atom. The number of esters is 1. The van der Waals surface area contributed by atoms with E-state index < -0.39 is 56.9 Å². The Morgan fingerprint density at radius 1 is 1.09 bits per heavy atom. The highest BCUT2D eigenvalue weighted by Gasteiger charge is 2.40. The molecule has 1 rings (SSSR count). The number of carbonyl (C=O) groups is 2. The fourth-order valence-electron chi connectivity index (χ4n) is 2.86. The smallest absolute Gasteiger partial charge is 0.322 e. The van der Waals surface area contributed by atoms with Gasteiger partial charge >= 0.3 is 11.7 Å². The van der Waals surface area contributed by atoms with E-state index in [0.717, 1.165) is 13.1 Å². The molecule has 0 aliphatic rings. The summed E-state index contributed by atoms with van der Waals surface area (Å²) in [6.07, 6.45) is 3.49. The van der Waals surface area contributed by atoms with Crippen molar-refractivity contribution in [3.63, 3.8) is 0 Å². The Balaban J connectivity index is 3.55. The molecule has 0 amide bonds. The van der Waals surface area contributed by atoms with Crippen molar-refractivity contribution in [3.8, 4) is 0 Å². The van der Waals surface area contributed by atoms with Gasteiger partial charge in [-0.3, -0.25) is 24.7 Å². The van der Waals surface area contributed by atoms with E-state index in [9.17, 15) is 32.9 Å². The molecule has 0 aliphatic heterocycles. The lowest BCUT2D eigenvalue weighted by Gasteiger charge is -2.19. The van der Waals surface area contributed by atoms with Crippen LogP contribution < -0.4 is 0 Å². The number of Topliss-reactive ketones (excluding diaryl/α,β-unsaturated/α-hetero) is 1. The van der Waals surface area contributed by atoms with Crippen LogP contribution in [-0.2, 0) is 9.53 Å². The molecule has 0 saturated heterocycles. The fourth-order valence-corrected chi connectivity index (χ4v) is 2.86. The highest BCUT2D eigenvalue weighted by molar-refractivity contribution is 6.20. The maximum absolute atomic E-state index is 14.7. The number of unbranched alkanes of at least 4 members (excludes halogenated alkanes) is 1. The SMILES string of the molecule is CCCCOC(=O)C(C=NN(CCC)CCC)C(=O)c1c(F)c(C)c(F)c(F)c1[N+](=O)[O-]. The first-order valence-electron chi connectivity index (χ1n) is 10.4. The van der Waals surface area contributed by atoms with Gasteiger partial charge in [0.25, 0.3) is 0 Å². The Morgan fingerprint density at radius 3 is 2.19 bits per heavy atom. The quantitative estimate of drug-likeness (QED) is 0.0626. The Bertz CT molecular complexity index is 871. The summed E-state index contributed by atoms with van der Waals surface area (Å²) in [4.78, 5) is 35.6. The van der Waals surface area contributed by atoms with E-state index in [1.54, 1.807) is 5.01 Å². The van der Waals surface area contributed by atoms with Crippen LogP contribution in [0.1, 0.15) is 62.4 Å². The van der Waals surface area contributed by atoms with Crippen LogP contribution in [-0.4, -0.2) is 47.6 Å². The zero-order valence-corrected chi connectivity index (χ0v) is 18.6. The van der Waals surface area contributed by atoms with E-state index in [-0.39, 0.29) is 6.61 Å². The zero-order chi connectivity index (χ0) is 24.4. The van der Waals surface area contributed by atoms with E-state index in [2.05, 4.69) is 5.10 Å². The number of carbonyl (C=O) groups excluding carboxylic acids is 2. The molecule has 0 aliphatic carbocycles. The van der Waals surface area contributed by atoms with E-state index in [1.807, 2.05) is 20.8 Å². The maximum atomic E-state index is 14.7. The molecule has 32 heavy (non-hydrogen) atoms. The number of rotatable bonds is 13. The molecule has 0 spiro atoms. The molecule has 11 heteroatoms. The van der Waals surface area contributed by atoms with E-state index in [4.69, 9.17) is 4.74 Å². The monoisotopic (exact) mass is 459 g/mol. The lowest BCUT2D eigenvalue weighted by atomic mass is 9.94. The van der Waals surface area contributed by atoms with Crippen LogP contribution >= 0.6 is 0 Å². The molecule has 1 atom stereocenters. The van der Waals surface area contributed by atoms with Crippen molar-refractivity contribution in [2.45, 2.75) is 53.4 Å². The minimum Gasteiger partial charge on any atom is -0.465 e. The third kappa shape index (κ3) is 6.51. The van der Waals surface area contributed by atoms with Crippen molar-refractivity contribution in [2.24, 2.45) is 11.0 Å². The number of benzene rings is 1. The van der Waals surface area contributed by atoms with Crippen molar-refractivity contribution < 1.29 is 32.4 Å². The predicted octanol–water partition coefficient (Wildman–Crippen LogP) is 4.57. The van der Waals surface area contributed by atoms with Gasteiger partial charge < -0.3 is 4.74 Å². The average Bonchev–Trinajstić information content (AvgIpc) is 2.74. The summed E-state index contributed by atoms with van der Waals surface area (Å²) >= 11 is 0. The second-order valence-electron chi connectivity index (χ2n) is 7.13. The summed E-state index contributed by atoms with van der Waals surface area (Å²) in [5, 5.41) is 17.0. The third-order valence-corrected chi connectivity index (χ3v) is 4.57. The van der Waals surface area contributed by atoms with Gasteiger partial charge in [-0.25, -0.2) is 8.78 Å². The van der Waals surface area contributed by atoms with Gasteiger partial charge in [0, 0.05) is 24.9 Å². The molecule has 1 aromatic rings. The summed E-state index contributed by atoms with van der Waals surface area (Å²) in [6, 6.07) is 0. The van der Waals surface area contributed by atoms with Gasteiger partial charge in [0.15, 0.2) is 17.5 Å². The van der Waals surface area contributed by atoms with Crippen LogP contribution in [0.15, 0.2) is 5.10 Å². The predicted molar refractivity (Wildman–Crippen MR) is 112 cm³/mol. The first kappa shape index (κ1) is 27.1. The number of ether oxygens (including phenoxy) is 1. The molecule has 0 fully saturated rings. The van der Waals surface area contributed by atoms with E-state index >= 15 is 0 Å². The van der Waals surface area contributed by atoms with Crippen molar-refractivity contribution in [1.29, 1.82) is 0 Å². The van der Waals surface area contributed by atoms with Crippen molar-refractivity contribution >= 4 is 23.7 Å². The summed E-state index contributed by atoms with van der Waals surface area (Å²) in [5.41, 5.74) is -3.91. The molecular formula is C21H28F3N3O5. The first-order valence-corrected chi connectivity index (χ1v) is 10.4. The summed E-state index contributed by atoms with van der Waals surface area (Å²) in [7, 11) is 0. The van der Waals surface area contributed by atoms with Gasteiger partial charge in [0.1, 0.15) is 11.4 Å². The van der Waals surface area contributed by atoms with Crippen molar-refractivity contribution in [1.82, 2.24) is 5.01 Å². The van der Waals surface area contributed by atoms with Crippen LogP contribution in [0.2, 0.25) is 0 Å². The van der Waals surface area contributed by atoms with Crippen LogP contribution in [0.4, 0.5) is 18.9 Å². The number of nitro benzene ring substituents is 1. The molecule has 178 valence electrons. The topological polar surface area (TPSA) is 102 Å². The Kier molecular flexibility index (Phi) is 10.8. The Labute approximate surface area is 184 Å². The minimum absolute atomic E-state index is 0.0397. The van der Waals surface area contributed by atoms with Crippen LogP contribution in [0.5, 0.6) is 0 Å². The summed E-state index contributed by atoms with van der Waals surface area (Å²) in [5.74, 6) is -9.80. The van der Waals surface area contributed by atoms with E-state index in [1.165, 1.54) is 0 Å². The molecule has 0 heterocycles. The average molecular weight is 459 g/mol. The molecule has 0 saturated carbocycles. The van der Waals surface area contributed by atoms with Crippen molar-refractivity contribution in [3.05, 3.63) is 38.7 Å². The molecule has 0 N–H and O–H groups in total. The molecule has 0 aromatic heterocycles. The number of nitrogens with zero attached hydrogens (tertiary/aromatic N) is 3. The van der Waals surface area contributed by atoms with Gasteiger partial charge in [0.05, 0.1) is 11.5 Å². The fraction of sp³-hybridized carbons (Fsp3) is 0.571. The molecular weight excluding hydrogens is 431 g/mol. The number of hydrogen-bond acceptors (Lipinski definition) is 7. The summed E-state index contributed by atoms with van der Waals surface area (Å²) in [6.45, 7) is 7.41. The van der Waals surface area contributed by atoms with Crippen LogP contribution in [0.3, 0.4) is 0 Å². The molecule has 0 radical (unpaired) electrons. The van der Waals surface area contributed by atoms with Crippen LogP contribution in [0, 0.1) is 40.4 Å². The third-order valence-electron chi connectivity index (χ3n) is 4.57. The highest BCUT2D eigenvalue weighted by atomic mass is 19.2. The van der Waals surface area contributed by atoms with E-state index in [0.29, 0.717) is 38.8 Å². The van der Waals surface area contributed by atoms with Crippen molar-refractivity contribution in [2.75, 3.05) is 19.7 Å². The van der Waals surface area contributed by atoms with Gasteiger partial charge in [-0.05, 0) is 26.2 Å². The standard InChI is InChI=1S/C21H28F3N3O5/c1-5-8-11-32-21(29)14(12-25-26(9-6-2)10-7-3)20(28)15-16(22)13(4)17(23)18(24)19(15)27(30)31/h12,14H,5-11H2,1-4H3. The molecule has 0 bridgehead atoms. The van der Waals surface area contributed by atoms with Gasteiger partial charge in [-0.15, -0.1) is 0 Å². The summed E-state index contributed by atoms with van der Waals surface area (Å²) < 4.78 is 47.9. The second kappa shape index (κ2) is 12.8. The zero-order valence-electron chi connectivity index (χ0n) is 18.6. The molecule has 8 nitrogen and oxygen atoms in total.